The number of hydrogen-bond acceptors (Lipinski definition) is 6. The number of likely N-dealkylation sites (tertiary alicyclic amines) is 1. The van der Waals surface area contributed by atoms with Crippen LogP contribution in [-0.4, -0.2) is 47.0 Å². The highest BCUT2D eigenvalue weighted by atomic mass is 16.3. The van der Waals surface area contributed by atoms with Crippen LogP contribution in [0.3, 0.4) is 0 Å². The molecule has 7 nitrogen and oxygen atoms in total. The zero-order chi connectivity index (χ0) is 22.8. The minimum atomic E-state index is -0.291. The summed E-state index contributed by atoms with van der Waals surface area (Å²) in [6, 6.07) is 11.5. The number of aromatic hydroxyl groups is 1. The fourth-order valence-electron chi connectivity index (χ4n) is 4.32. The van der Waals surface area contributed by atoms with Crippen molar-refractivity contribution in [2.24, 2.45) is 10.2 Å². The van der Waals surface area contributed by atoms with Gasteiger partial charge in [-0.1, -0.05) is 25.1 Å². The van der Waals surface area contributed by atoms with E-state index in [0.717, 1.165) is 49.2 Å². The quantitative estimate of drug-likeness (QED) is 0.541. The Kier molecular flexibility index (Phi) is 6.28. The molecule has 2 N–H and O–H groups in total. The molecule has 0 unspecified atom stereocenters. The van der Waals surface area contributed by atoms with Crippen molar-refractivity contribution in [3.05, 3.63) is 53.1 Å². The van der Waals surface area contributed by atoms with Crippen molar-refractivity contribution in [1.29, 1.82) is 0 Å². The first kappa shape index (κ1) is 22.0. The van der Waals surface area contributed by atoms with Gasteiger partial charge in [0.1, 0.15) is 5.75 Å². The molecule has 0 bridgehead atoms. The fourth-order valence-corrected chi connectivity index (χ4v) is 4.32. The average Bonchev–Trinajstić information content (AvgIpc) is 3.08. The van der Waals surface area contributed by atoms with E-state index in [0.29, 0.717) is 23.0 Å². The highest BCUT2D eigenvalue weighted by Gasteiger charge is 2.31. The molecule has 2 aliphatic rings. The minimum absolute atomic E-state index is 0.206. The molecule has 168 valence electrons. The van der Waals surface area contributed by atoms with Gasteiger partial charge in [0.05, 0.1) is 17.1 Å². The number of rotatable bonds is 5. The molecule has 0 aliphatic carbocycles. The number of nitrogens with zero attached hydrogens (tertiary/aromatic N) is 4. The number of hydrogen-bond donors (Lipinski definition) is 2. The third-order valence-corrected chi connectivity index (χ3v) is 6.55. The zero-order valence-corrected chi connectivity index (χ0v) is 19.2. The molecule has 2 heterocycles. The lowest BCUT2D eigenvalue weighted by Crippen LogP contribution is -2.32. The molecule has 7 heteroatoms. The molecular formula is C25H31N5O2. The molecule has 0 radical (unpaired) electrons. The van der Waals surface area contributed by atoms with Crippen LogP contribution in [0, 0.1) is 13.8 Å². The maximum Gasteiger partial charge on any atom is 0.301 e. The van der Waals surface area contributed by atoms with Crippen LogP contribution in [0.1, 0.15) is 49.3 Å². The minimum Gasteiger partial charge on any atom is -0.505 e. The maximum atomic E-state index is 13.0. The van der Waals surface area contributed by atoms with E-state index >= 15 is 0 Å². The van der Waals surface area contributed by atoms with Gasteiger partial charge in [-0.3, -0.25) is 10.2 Å². The van der Waals surface area contributed by atoms with Crippen LogP contribution in [0.25, 0.3) is 0 Å². The second kappa shape index (κ2) is 9.12. The number of hydrazone groups is 2. The summed E-state index contributed by atoms with van der Waals surface area (Å²) in [5.41, 5.74) is 8.08. The van der Waals surface area contributed by atoms with Crippen LogP contribution < -0.4 is 10.4 Å². The molecule has 0 aromatic heterocycles. The van der Waals surface area contributed by atoms with E-state index in [-0.39, 0.29) is 17.4 Å². The average molecular weight is 434 g/mol. The van der Waals surface area contributed by atoms with Crippen LogP contribution >= 0.6 is 0 Å². The Morgan fingerprint density at radius 2 is 1.88 bits per heavy atom. The number of aryl methyl sites for hydroxylation is 2. The molecule has 2 aromatic rings. The monoisotopic (exact) mass is 433 g/mol. The topological polar surface area (TPSA) is 80.5 Å². The SMILES string of the molecule is CCN1CCC(c2cccc(N/N=C3/C(=O)N(c4ccc(C)c(C)c4)N=C3C)c2O)CC1. The number of piperidine rings is 1. The van der Waals surface area contributed by atoms with E-state index in [1.54, 1.807) is 13.0 Å². The number of carbonyl (C=O) groups excluding carboxylic acids is 1. The van der Waals surface area contributed by atoms with Gasteiger partial charge < -0.3 is 10.0 Å². The Morgan fingerprint density at radius 3 is 2.56 bits per heavy atom. The summed E-state index contributed by atoms with van der Waals surface area (Å²) in [7, 11) is 0. The molecule has 32 heavy (non-hydrogen) atoms. The number of anilines is 2. The van der Waals surface area contributed by atoms with Crippen LogP contribution in [0.2, 0.25) is 0 Å². The summed E-state index contributed by atoms with van der Waals surface area (Å²) in [4.78, 5) is 15.4. The number of phenolic OH excluding ortho intramolecular Hbond substituents is 1. The van der Waals surface area contributed by atoms with E-state index in [1.807, 2.05) is 44.2 Å². The predicted octanol–water partition coefficient (Wildman–Crippen LogP) is 4.40. The van der Waals surface area contributed by atoms with E-state index < -0.39 is 0 Å². The number of para-hydroxylation sites is 1. The fraction of sp³-hybridized carbons (Fsp3) is 0.400. The van der Waals surface area contributed by atoms with Crippen molar-refractivity contribution < 1.29 is 9.90 Å². The second-order valence-corrected chi connectivity index (χ2v) is 8.60. The normalized spacial score (nSPS) is 19.0. The molecule has 1 saturated heterocycles. The molecular weight excluding hydrogens is 402 g/mol. The summed E-state index contributed by atoms with van der Waals surface area (Å²) in [6.45, 7) is 11.1. The van der Waals surface area contributed by atoms with E-state index in [1.165, 1.54) is 5.01 Å². The maximum absolute atomic E-state index is 13.0. The van der Waals surface area contributed by atoms with E-state index in [4.69, 9.17) is 0 Å². The highest BCUT2D eigenvalue weighted by molar-refractivity contribution is 6.71. The van der Waals surface area contributed by atoms with Crippen molar-refractivity contribution in [2.45, 2.75) is 46.5 Å². The van der Waals surface area contributed by atoms with Crippen molar-refractivity contribution in [2.75, 3.05) is 30.1 Å². The standard InChI is InChI=1S/C25H31N5O2/c1-5-29-13-11-19(12-14-29)21-7-6-8-22(24(21)31)26-27-23-18(4)28-30(25(23)32)20-10-9-16(2)17(3)15-20/h6-10,15,19,26,31H,5,11-14H2,1-4H3/b27-23+. The summed E-state index contributed by atoms with van der Waals surface area (Å²) in [6.07, 6.45) is 2.04. The second-order valence-electron chi connectivity index (χ2n) is 8.60. The lowest BCUT2D eigenvalue weighted by Gasteiger charge is -2.31. The van der Waals surface area contributed by atoms with Gasteiger partial charge in [0.2, 0.25) is 0 Å². The first-order chi connectivity index (χ1) is 15.4. The van der Waals surface area contributed by atoms with Gasteiger partial charge >= 0.3 is 5.91 Å². The van der Waals surface area contributed by atoms with Crippen LogP contribution in [0.4, 0.5) is 11.4 Å². The van der Waals surface area contributed by atoms with Crippen molar-refractivity contribution >= 4 is 28.7 Å². The Labute approximate surface area is 189 Å². The first-order valence-electron chi connectivity index (χ1n) is 11.2. The van der Waals surface area contributed by atoms with Crippen molar-refractivity contribution in [3.63, 3.8) is 0 Å². The van der Waals surface area contributed by atoms with Crippen molar-refractivity contribution in [3.8, 4) is 5.75 Å². The number of benzene rings is 2. The van der Waals surface area contributed by atoms with E-state index in [9.17, 15) is 9.90 Å². The van der Waals surface area contributed by atoms with Gasteiger partial charge in [-0.25, -0.2) is 0 Å². The molecule has 0 atom stereocenters. The molecule has 0 saturated carbocycles. The van der Waals surface area contributed by atoms with Gasteiger partial charge in [0.25, 0.3) is 0 Å². The Morgan fingerprint density at radius 1 is 1.12 bits per heavy atom. The number of carbonyl (C=O) groups is 1. The summed E-state index contributed by atoms with van der Waals surface area (Å²) in [5.74, 6) is 0.238. The summed E-state index contributed by atoms with van der Waals surface area (Å²) < 4.78 is 0. The number of nitrogens with one attached hydrogen (secondary N) is 1. The van der Waals surface area contributed by atoms with Gasteiger partial charge in [0.15, 0.2) is 5.71 Å². The van der Waals surface area contributed by atoms with Crippen LogP contribution in [0.5, 0.6) is 5.75 Å². The highest BCUT2D eigenvalue weighted by Crippen LogP contribution is 2.38. The lowest BCUT2D eigenvalue weighted by atomic mass is 9.88. The van der Waals surface area contributed by atoms with Gasteiger partial charge in [0, 0.05) is 0 Å². The third kappa shape index (κ3) is 4.25. The van der Waals surface area contributed by atoms with Gasteiger partial charge in [-0.05, 0) is 94.1 Å². The summed E-state index contributed by atoms with van der Waals surface area (Å²) >= 11 is 0. The summed E-state index contributed by atoms with van der Waals surface area (Å²) in [5, 5.41) is 21.0. The van der Waals surface area contributed by atoms with Crippen LogP contribution in [0.15, 0.2) is 46.6 Å². The van der Waals surface area contributed by atoms with Gasteiger partial charge in [-0.2, -0.15) is 15.2 Å². The van der Waals surface area contributed by atoms with Gasteiger partial charge in [-0.15, -0.1) is 0 Å². The molecule has 2 aliphatic heterocycles. The molecule has 2 aromatic carbocycles. The molecule has 4 rings (SSSR count). The Balaban J connectivity index is 1.51. The molecule has 0 spiro atoms. The zero-order valence-electron chi connectivity index (χ0n) is 19.2. The predicted molar refractivity (Wildman–Crippen MR) is 130 cm³/mol. The van der Waals surface area contributed by atoms with Crippen LogP contribution in [-0.2, 0) is 4.79 Å². The Hall–Kier alpha value is -3.19. The Bertz CT molecular complexity index is 1080. The number of amides is 1. The first-order valence-corrected chi connectivity index (χ1v) is 11.2. The van der Waals surface area contributed by atoms with Crippen molar-refractivity contribution in [1.82, 2.24) is 4.90 Å². The molecule has 1 fully saturated rings. The smallest absolute Gasteiger partial charge is 0.301 e. The lowest BCUT2D eigenvalue weighted by molar-refractivity contribution is -0.112. The number of phenols is 1. The third-order valence-electron chi connectivity index (χ3n) is 6.55. The largest absolute Gasteiger partial charge is 0.505 e. The van der Waals surface area contributed by atoms with E-state index in [2.05, 4.69) is 27.5 Å². The molecule has 1 amide bonds.